The summed E-state index contributed by atoms with van der Waals surface area (Å²) in [6.45, 7) is 0.149. The molecule has 2 heterocycles. The third kappa shape index (κ3) is 3.85. The van der Waals surface area contributed by atoms with Crippen molar-refractivity contribution in [3.8, 4) is 0 Å². The first-order valence-corrected chi connectivity index (χ1v) is 6.27. The van der Waals surface area contributed by atoms with Crippen molar-refractivity contribution in [2.75, 3.05) is 7.11 Å². The number of pyridine rings is 1. The highest BCUT2D eigenvalue weighted by molar-refractivity contribution is 6.39. The lowest BCUT2D eigenvalue weighted by Crippen LogP contribution is -2.36. The first-order valence-electron chi connectivity index (χ1n) is 6.27. The molecule has 8 nitrogen and oxygen atoms in total. The van der Waals surface area contributed by atoms with Gasteiger partial charge >= 0.3 is 5.97 Å². The fraction of sp³-hybridized carbons (Fsp3) is 0.308. The van der Waals surface area contributed by atoms with E-state index in [-0.39, 0.29) is 30.5 Å². The van der Waals surface area contributed by atoms with Crippen molar-refractivity contribution in [3.63, 3.8) is 0 Å². The van der Waals surface area contributed by atoms with Gasteiger partial charge in [0.05, 0.1) is 24.9 Å². The standard InChI is InChI=1S/C13H14N4O4/c1-21-13(20)8-4-5-14-9(6-8)7-15-12(19)10-2-3-11(18)17-16-10/h4-6H,2-3,7H2,1H3,(H,15,19)(H,17,18). The molecule has 0 spiro atoms. The quantitative estimate of drug-likeness (QED) is 0.743. The zero-order valence-electron chi connectivity index (χ0n) is 11.4. The Kier molecular flexibility index (Phi) is 4.60. The molecule has 0 radical (unpaired) electrons. The minimum absolute atomic E-state index is 0.149. The molecule has 2 amide bonds. The van der Waals surface area contributed by atoms with Gasteiger partial charge in [-0.3, -0.25) is 14.6 Å². The van der Waals surface area contributed by atoms with Crippen LogP contribution in [-0.2, 0) is 20.9 Å². The molecule has 0 fully saturated rings. The van der Waals surface area contributed by atoms with Crippen LogP contribution in [0.5, 0.6) is 0 Å². The highest BCUT2D eigenvalue weighted by atomic mass is 16.5. The topological polar surface area (TPSA) is 110 Å². The Morgan fingerprint density at radius 1 is 1.43 bits per heavy atom. The molecule has 0 aromatic carbocycles. The summed E-state index contributed by atoms with van der Waals surface area (Å²) < 4.78 is 4.61. The van der Waals surface area contributed by atoms with Gasteiger partial charge in [0.1, 0.15) is 5.71 Å². The molecule has 0 atom stereocenters. The van der Waals surface area contributed by atoms with Gasteiger partial charge in [-0.2, -0.15) is 5.10 Å². The molecule has 0 saturated carbocycles. The summed E-state index contributed by atoms with van der Waals surface area (Å²) in [5, 5.41) is 6.32. The molecule has 8 heteroatoms. The monoisotopic (exact) mass is 290 g/mol. The van der Waals surface area contributed by atoms with E-state index in [1.807, 2.05) is 0 Å². The molecule has 110 valence electrons. The van der Waals surface area contributed by atoms with Crippen LogP contribution in [-0.4, -0.2) is 35.6 Å². The molecule has 0 aliphatic carbocycles. The number of rotatable bonds is 4. The summed E-state index contributed by atoms with van der Waals surface area (Å²) >= 11 is 0. The van der Waals surface area contributed by atoms with E-state index in [9.17, 15) is 14.4 Å². The number of nitrogens with one attached hydrogen (secondary N) is 2. The van der Waals surface area contributed by atoms with Crippen molar-refractivity contribution < 1.29 is 19.1 Å². The van der Waals surface area contributed by atoms with Crippen LogP contribution < -0.4 is 10.7 Å². The Balaban J connectivity index is 1.95. The van der Waals surface area contributed by atoms with Crippen LogP contribution in [0.25, 0.3) is 0 Å². The Morgan fingerprint density at radius 3 is 2.90 bits per heavy atom. The number of aromatic nitrogens is 1. The molecule has 0 saturated heterocycles. The second-order valence-electron chi connectivity index (χ2n) is 4.30. The van der Waals surface area contributed by atoms with Gasteiger partial charge in [0.25, 0.3) is 5.91 Å². The van der Waals surface area contributed by atoms with Crippen LogP contribution in [0, 0.1) is 0 Å². The number of esters is 1. The number of carbonyl (C=O) groups is 3. The van der Waals surface area contributed by atoms with E-state index in [1.54, 1.807) is 0 Å². The number of hydrazone groups is 1. The molecule has 1 aromatic heterocycles. The molecular formula is C13H14N4O4. The fourth-order valence-electron chi connectivity index (χ4n) is 1.73. The molecule has 1 aliphatic rings. The summed E-state index contributed by atoms with van der Waals surface area (Å²) in [6, 6.07) is 3.06. The summed E-state index contributed by atoms with van der Waals surface area (Å²) in [5.74, 6) is -1.05. The number of nitrogens with zero attached hydrogens (tertiary/aromatic N) is 2. The maximum absolute atomic E-state index is 11.8. The van der Waals surface area contributed by atoms with Gasteiger partial charge in [-0.1, -0.05) is 0 Å². The maximum atomic E-state index is 11.8. The largest absolute Gasteiger partial charge is 0.465 e. The van der Waals surface area contributed by atoms with E-state index in [0.29, 0.717) is 17.7 Å². The van der Waals surface area contributed by atoms with Crippen molar-refractivity contribution in [1.29, 1.82) is 0 Å². The van der Waals surface area contributed by atoms with Crippen LogP contribution in [0.15, 0.2) is 23.4 Å². The average Bonchev–Trinajstić information content (AvgIpc) is 2.52. The van der Waals surface area contributed by atoms with Crippen molar-refractivity contribution >= 4 is 23.5 Å². The Morgan fingerprint density at radius 2 is 2.24 bits per heavy atom. The first kappa shape index (κ1) is 14.6. The minimum Gasteiger partial charge on any atom is -0.465 e. The van der Waals surface area contributed by atoms with Gasteiger partial charge in [0.15, 0.2) is 0 Å². The third-order valence-electron chi connectivity index (χ3n) is 2.83. The van der Waals surface area contributed by atoms with E-state index < -0.39 is 5.97 Å². The molecule has 0 bridgehead atoms. The van der Waals surface area contributed by atoms with Gasteiger partial charge in [0, 0.05) is 19.0 Å². The summed E-state index contributed by atoms with van der Waals surface area (Å²) in [6.07, 6.45) is 2.00. The zero-order valence-corrected chi connectivity index (χ0v) is 11.4. The van der Waals surface area contributed by atoms with Gasteiger partial charge in [-0.25, -0.2) is 10.2 Å². The van der Waals surface area contributed by atoms with Gasteiger partial charge in [-0.15, -0.1) is 0 Å². The Hall–Kier alpha value is -2.77. The maximum Gasteiger partial charge on any atom is 0.337 e. The normalized spacial score (nSPS) is 14.0. The predicted octanol–water partition coefficient (Wildman–Crippen LogP) is -0.250. The minimum atomic E-state index is -0.468. The number of hydrogen-bond donors (Lipinski definition) is 2. The van der Waals surface area contributed by atoms with Gasteiger partial charge < -0.3 is 10.1 Å². The third-order valence-corrected chi connectivity index (χ3v) is 2.83. The number of hydrogen-bond acceptors (Lipinski definition) is 6. The summed E-state index contributed by atoms with van der Waals surface area (Å²) in [7, 11) is 1.29. The van der Waals surface area contributed by atoms with E-state index >= 15 is 0 Å². The van der Waals surface area contributed by atoms with Crippen LogP contribution in [0.3, 0.4) is 0 Å². The molecule has 0 unspecified atom stereocenters. The Labute approximate surface area is 120 Å². The number of carbonyl (C=O) groups excluding carboxylic acids is 3. The summed E-state index contributed by atoms with van der Waals surface area (Å²) in [4.78, 5) is 38.2. The molecule has 1 aliphatic heterocycles. The van der Waals surface area contributed by atoms with Crippen molar-refractivity contribution in [2.24, 2.45) is 5.10 Å². The molecular weight excluding hydrogens is 276 g/mol. The molecule has 2 rings (SSSR count). The van der Waals surface area contributed by atoms with Gasteiger partial charge in [-0.05, 0) is 12.1 Å². The molecule has 2 N–H and O–H groups in total. The van der Waals surface area contributed by atoms with Crippen LogP contribution in [0.4, 0.5) is 0 Å². The number of ether oxygens (including phenoxy) is 1. The lowest BCUT2D eigenvalue weighted by molar-refractivity contribution is -0.121. The van der Waals surface area contributed by atoms with E-state index in [1.165, 1.54) is 25.4 Å². The first-order chi connectivity index (χ1) is 10.1. The SMILES string of the molecule is COC(=O)c1ccnc(CNC(=O)C2=NNC(=O)CC2)c1. The van der Waals surface area contributed by atoms with Gasteiger partial charge in [0.2, 0.25) is 5.91 Å². The number of amides is 2. The van der Waals surface area contributed by atoms with Crippen LogP contribution in [0.2, 0.25) is 0 Å². The highest BCUT2D eigenvalue weighted by Gasteiger charge is 2.18. The Bertz CT molecular complexity index is 612. The smallest absolute Gasteiger partial charge is 0.337 e. The van der Waals surface area contributed by atoms with Crippen LogP contribution >= 0.6 is 0 Å². The van der Waals surface area contributed by atoms with Crippen molar-refractivity contribution in [1.82, 2.24) is 15.7 Å². The highest BCUT2D eigenvalue weighted by Crippen LogP contribution is 2.04. The van der Waals surface area contributed by atoms with Crippen LogP contribution in [0.1, 0.15) is 28.9 Å². The lowest BCUT2D eigenvalue weighted by atomic mass is 10.1. The zero-order chi connectivity index (χ0) is 15.2. The van der Waals surface area contributed by atoms with Crippen molar-refractivity contribution in [3.05, 3.63) is 29.6 Å². The fourth-order valence-corrected chi connectivity index (χ4v) is 1.73. The second-order valence-corrected chi connectivity index (χ2v) is 4.30. The van der Waals surface area contributed by atoms with E-state index in [2.05, 4.69) is 25.6 Å². The van der Waals surface area contributed by atoms with Crippen molar-refractivity contribution in [2.45, 2.75) is 19.4 Å². The predicted molar refractivity (Wildman–Crippen MR) is 72.2 cm³/mol. The lowest BCUT2D eigenvalue weighted by Gasteiger charge is -2.11. The number of methoxy groups -OCH3 is 1. The molecule has 1 aromatic rings. The van der Waals surface area contributed by atoms with E-state index in [4.69, 9.17) is 0 Å². The van der Waals surface area contributed by atoms with E-state index in [0.717, 1.165) is 0 Å². The molecule has 21 heavy (non-hydrogen) atoms. The second kappa shape index (κ2) is 6.60. The average molecular weight is 290 g/mol. The summed E-state index contributed by atoms with van der Waals surface area (Å²) in [5.41, 5.74) is 3.40.